The number of halogens is 4. The predicted octanol–water partition coefficient (Wildman–Crippen LogP) is 1.11. The molecule has 2 fully saturated rings. The van der Waals surface area contributed by atoms with Crippen molar-refractivity contribution in [2.45, 2.75) is 37.2 Å². The smallest absolute Gasteiger partial charge is 0.356 e. The molecule has 0 aromatic rings. The lowest BCUT2D eigenvalue weighted by Crippen LogP contribution is -2.51. The number of nitrogens with zero attached hydrogens (tertiary/aromatic N) is 4. The van der Waals surface area contributed by atoms with Gasteiger partial charge in [0.05, 0.1) is 0 Å². The molecule has 0 radical (unpaired) electrons. The van der Waals surface area contributed by atoms with Crippen LogP contribution in [0.15, 0.2) is 4.99 Å². The van der Waals surface area contributed by atoms with Crippen LogP contribution in [0.25, 0.3) is 0 Å². The number of rotatable bonds is 6. The highest BCUT2D eigenvalue weighted by Crippen LogP contribution is 2.28. The van der Waals surface area contributed by atoms with Gasteiger partial charge in [-0.2, -0.15) is 17.5 Å². The second-order valence-corrected chi connectivity index (χ2v) is 9.55. The molecule has 0 unspecified atom stereocenters. The van der Waals surface area contributed by atoms with Crippen LogP contribution < -0.4 is 10.6 Å². The lowest BCUT2D eigenvalue weighted by Gasteiger charge is -2.32. The number of aliphatic imine (C=N–C) groups is 1. The van der Waals surface area contributed by atoms with Crippen LogP contribution >= 0.6 is 24.0 Å². The number of alkyl halides is 3. The molecule has 30 heavy (non-hydrogen) atoms. The molecule has 0 aromatic heterocycles. The summed E-state index contributed by atoms with van der Waals surface area (Å²) >= 11 is 0. The van der Waals surface area contributed by atoms with Gasteiger partial charge in [0, 0.05) is 45.8 Å². The molecule has 178 valence electrons. The van der Waals surface area contributed by atoms with Crippen LogP contribution in [0.4, 0.5) is 13.2 Å². The molecular formula is C17H34F3IN6O2S. The summed E-state index contributed by atoms with van der Waals surface area (Å²) in [5, 5.41) is 6.42. The van der Waals surface area contributed by atoms with Crippen molar-refractivity contribution in [2.75, 3.05) is 66.5 Å². The zero-order chi connectivity index (χ0) is 21.5. The third-order valence-corrected chi connectivity index (χ3v) is 7.04. The number of likely N-dealkylation sites (N-methyl/N-ethyl adjacent to an activating group) is 1. The molecule has 0 aliphatic carbocycles. The van der Waals surface area contributed by atoms with Crippen molar-refractivity contribution in [3.8, 4) is 0 Å². The quantitative estimate of drug-likeness (QED) is 0.216. The molecule has 13 heteroatoms. The first-order valence-corrected chi connectivity index (χ1v) is 11.5. The van der Waals surface area contributed by atoms with Crippen LogP contribution in [0.3, 0.4) is 0 Å². The monoisotopic (exact) mass is 570 g/mol. The summed E-state index contributed by atoms with van der Waals surface area (Å²) in [7, 11) is -1.45. The van der Waals surface area contributed by atoms with E-state index in [9.17, 15) is 21.6 Å². The van der Waals surface area contributed by atoms with Crippen LogP contribution in [0.5, 0.6) is 0 Å². The van der Waals surface area contributed by atoms with Crippen LogP contribution in [0.2, 0.25) is 0 Å². The van der Waals surface area contributed by atoms with Crippen molar-refractivity contribution in [1.82, 2.24) is 24.7 Å². The first-order chi connectivity index (χ1) is 13.6. The van der Waals surface area contributed by atoms with Crippen molar-refractivity contribution >= 4 is 40.0 Å². The van der Waals surface area contributed by atoms with Gasteiger partial charge in [-0.25, -0.2) is 8.42 Å². The highest BCUT2D eigenvalue weighted by Gasteiger charge is 2.50. The average molecular weight is 570 g/mol. The summed E-state index contributed by atoms with van der Waals surface area (Å²) in [6, 6.07) is -0.109. The van der Waals surface area contributed by atoms with Crippen LogP contribution in [-0.2, 0) is 10.0 Å². The lowest BCUT2D eigenvalue weighted by atomic mass is 10.1. The predicted molar refractivity (Wildman–Crippen MR) is 123 cm³/mol. The number of guanidine groups is 1. The van der Waals surface area contributed by atoms with E-state index in [0.29, 0.717) is 23.1 Å². The van der Waals surface area contributed by atoms with Crippen molar-refractivity contribution in [1.29, 1.82) is 0 Å². The van der Waals surface area contributed by atoms with Gasteiger partial charge >= 0.3 is 15.5 Å². The molecule has 0 amide bonds. The normalized spacial score (nSPS) is 21.7. The number of sulfonamides is 1. The Morgan fingerprint density at radius 2 is 1.77 bits per heavy atom. The maximum absolute atomic E-state index is 12.6. The zero-order valence-electron chi connectivity index (χ0n) is 17.6. The SMILES string of the molecule is CN=C(NCCCN1CCCN(C)CC1)NC1CCN(S(=O)(=O)C(F)(F)F)CC1.I. The van der Waals surface area contributed by atoms with Crippen molar-refractivity contribution in [3.05, 3.63) is 0 Å². The Kier molecular flexibility index (Phi) is 11.6. The minimum atomic E-state index is -5.24. The maximum Gasteiger partial charge on any atom is 0.511 e. The summed E-state index contributed by atoms with van der Waals surface area (Å²) in [4.78, 5) is 8.96. The summed E-state index contributed by atoms with van der Waals surface area (Å²) < 4.78 is 61.4. The van der Waals surface area contributed by atoms with Gasteiger partial charge in [0.1, 0.15) is 0 Å². The van der Waals surface area contributed by atoms with Gasteiger partial charge in [-0.3, -0.25) is 4.99 Å². The maximum atomic E-state index is 12.6. The summed E-state index contributed by atoms with van der Waals surface area (Å²) in [6.07, 6.45) is 2.75. The molecule has 0 atom stereocenters. The standard InChI is InChI=1S/C17H33F3N6O2S.HI/c1-21-16(22-7-3-9-25-10-4-8-24(2)13-14-25)23-15-5-11-26(12-6-15)29(27,28)17(18,19)20;/h15H,3-14H2,1-2H3,(H2,21,22,23);1H. The van der Waals surface area contributed by atoms with Crippen molar-refractivity contribution in [2.24, 2.45) is 4.99 Å². The minimum absolute atomic E-state index is 0. The Hall–Kier alpha value is -0.380. The van der Waals surface area contributed by atoms with E-state index >= 15 is 0 Å². The molecule has 2 heterocycles. The number of hydrogen-bond donors (Lipinski definition) is 2. The van der Waals surface area contributed by atoms with Crippen molar-refractivity contribution < 1.29 is 21.6 Å². The molecule has 2 aliphatic heterocycles. The fraction of sp³-hybridized carbons (Fsp3) is 0.941. The first-order valence-electron chi connectivity index (χ1n) is 10.1. The number of hydrogen-bond acceptors (Lipinski definition) is 5. The van der Waals surface area contributed by atoms with Gasteiger partial charge in [0.2, 0.25) is 0 Å². The van der Waals surface area contributed by atoms with Gasteiger partial charge in [0.25, 0.3) is 0 Å². The van der Waals surface area contributed by atoms with Crippen LogP contribution in [0.1, 0.15) is 25.7 Å². The summed E-state index contributed by atoms with van der Waals surface area (Å²) in [6.45, 7) is 5.84. The zero-order valence-corrected chi connectivity index (χ0v) is 20.8. The fourth-order valence-electron chi connectivity index (χ4n) is 3.61. The summed E-state index contributed by atoms with van der Waals surface area (Å²) in [5.74, 6) is 0.595. The largest absolute Gasteiger partial charge is 0.511 e. The van der Waals surface area contributed by atoms with E-state index in [0.717, 1.165) is 45.7 Å². The van der Waals surface area contributed by atoms with Gasteiger partial charge in [0.15, 0.2) is 5.96 Å². The Bertz CT molecular complexity index is 642. The molecule has 0 aromatic carbocycles. The van der Waals surface area contributed by atoms with Gasteiger partial charge in [-0.15, -0.1) is 24.0 Å². The van der Waals surface area contributed by atoms with E-state index in [1.165, 1.54) is 6.42 Å². The van der Waals surface area contributed by atoms with Gasteiger partial charge in [-0.1, -0.05) is 0 Å². The molecule has 2 saturated heterocycles. The third kappa shape index (κ3) is 8.28. The van der Waals surface area contributed by atoms with E-state index in [2.05, 4.69) is 32.5 Å². The number of piperidine rings is 1. The first kappa shape index (κ1) is 27.7. The van der Waals surface area contributed by atoms with E-state index in [-0.39, 0.29) is 43.1 Å². The highest BCUT2D eigenvalue weighted by molar-refractivity contribution is 14.0. The Labute approximate surface area is 194 Å². The second kappa shape index (κ2) is 12.6. The van der Waals surface area contributed by atoms with E-state index in [1.807, 2.05) is 0 Å². The number of nitrogens with one attached hydrogen (secondary N) is 2. The fourth-order valence-corrected chi connectivity index (χ4v) is 4.59. The van der Waals surface area contributed by atoms with Crippen LogP contribution in [0, 0.1) is 0 Å². The van der Waals surface area contributed by atoms with Crippen LogP contribution in [-0.4, -0.2) is 106 Å². The molecule has 8 nitrogen and oxygen atoms in total. The molecule has 2 N–H and O–H groups in total. The molecule has 0 spiro atoms. The molecular weight excluding hydrogens is 536 g/mol. The minimum Gasteiger partial charge on any atom is -0.356 e. The molecule has 2 aliphatic rings. The van der Waals surface area contributed by atoms with Gasteiger partial charge in [-0.05, 0) is 52.4 Å². The topological polar surface area (TPSA) is 80.3 Å². The van der Waals surface area contributed by atoms with E-state index < -0.39 is 15.5 Å². The third-order valence-electron chi connectivity index (χ3n) is 5.41. The highest BCUT2D eigenvalue weighted by atomic mass is 127. The van der Waals surface area contributed by atoms with E-state index in [1.54, 1.807) is 7.05 Å². The molecule has 0 bridgehead atoms. The van der Waals surface area contributed by atoms with E-state index in [4.69, 9.17) is 0 Å². The van der Waals surface area contributed by atoms with Crippen molar-refractivity contribution in [3.63, 3.8) is 0 Å². The molecule has 0 saturated carbocycles. The Morgan fingerprint density at radius 3 is 2.37 bits per heavy atom. The average Bonchev–Trinajstić information content (AvgIpc) is 2.88. The Morgan fingerprint density at radius 1 is 1.10 bits per heavy atom. The summed E-state index contributed by atoms with van der Waals surface area (Å²) in [5.41, 5.74) is -5.24. The second-order valence-electron chi connectivity index (χ2n) is 7.62. The lowest BCUT2D eigenvalue weighted by molar-refractivity contribution is -0.0494. The molecule has 2 rings (SSSR count). The van der Waals surface area contributed by atoms with Gasteiger partial charge < -0.3 is 20.4 Å². The Balaban J connectivity index is 0.00000450.